The van der Waals surface area contributed by atoms with Gasteiger partial charge in [0.25, 0.3) is 0 Å². The summed E-state index contributed by atoms with van der Waals surface area (Å²) in [6.45, 7) is 0.529. The van der Waals surface area contributed by atoms with Gasteiger partial charge >= 0.3 is 0 Å². The van der Waals surface area contributed by atoms with Crippen molar-refractivity contribution in [2.45, 2.75) is 48.8 Å². The fourth-order valence-corrected chi connectivity index (χ4v) is 5.08. The molecule has 1 saturated heterocycles. The molecule has 2 bridgehead atoms. The predicted octanol–water partition coefficient (Wildman–Crippen LogP) is 1.05. The van der Waals surface area contributed by atoms with Gasteiger partial charge < -0.3 is 19.5 Å². The number of carbonyl (C=O) groups is 1. The second-order valence-corrected chi connectivity index (χ2v) is 6.94. The third-order valence-corrected chi connectivity index (χ3v) is 6.15. The highest BCUT2D eigenvalue weighted by molar-refractivity contribution is 5.90. The van der Waals surface area contributed by atoms with Gasteiger partial charge in [-0.25, -0.2) is 0 Å². The minimum absolute atomic E-state index is 0.261. The Morgan fingerprint density at radius 1 is 1.57 bits per heavy atom. The molecule has 122 valence electrons. The van der Waals surface area contributed by atoms with Gasteiger partial charge in [0.1, 0.15) is 0 Å². The van der Waals surface area contributed by atoms with E-state index in [1.54, 1.807) is 13.1 Å². The van der Waals surface area contributed by atoms with Crippen LogP contribution in [0.2, 0.25) is 0 Å². The second kappa shape index (κ2) is 4.08. The van der Waals surface area contributed by atoms with E-state index in [0.717, 1.165) is 11.1 Å². The molecule has 4 atom stereocenters. The molecule has 0 aromatic heterocycles. The number of hydrogen-bond acceptors (Lipinski definition) is 5. The summed E-state index contributed by atoms with van der Waals surface area (Å²) >= 11 is 0. The molecule has 5 rings (SSSR count). The van der Waals surface area contributed by atoms with E-state index in [1.807, 2.05) is 11.0 Å². The highest BCUT2D eigenvalue weighted by Gasteiger charge is 2.72. The molecule has 1 aromatic rings. The number of ketones is 1. The molecule has 0 amide bonds. The lowest BCUT2D eigenvalue weighted by Crippen LogP contribution is -2.76. The average molecular weight is 319 g/mol. The summed E-state index contributed by atoms with van der Waals surface area (Å²) < 4.78 is 45.5. The van der Waals surface area contributed by atoms with E-state index in [4.69, 9.17) is 18.8 Å². The number of likely N-dealkylation sites (N-methyl/N-ethyl adjacent to an activating group) is 1. The lowest BCUT2D eigenvalue weighted by atomic mass is 9.49. The van der Waals surface area contributed by atoms with Crippen LogP contribution < -0.4 is 9.47 Å². The molecule has 1 N–H and O–H groups in total. The first kappa shape index (κ1) is 10.3. The quantitative estimate of drug-likeness (QED) is 0.883. The molecule has 2 aliphatic heterocycles. The van der Waals surface area contributed by atoms with Crippen LogP contribution in [0.15, 0.2) is 12.1 Å². The van der Waals surface area contributed by atoms with Crippen LogP contribution in [0.4, 0.5) is 0 Å². The molecule has 4 aliphatic rings. The number of hydrogen-bond donors (Lipinski definition) is 1. The molecule has 0 radical (unpaired) electrons. The Morgan fingerprint density at radius 2 is 2.43 bits per heavy atom. The Kier molecular flexibility index (Phi) is 1.83. The second-order valence-electron chi connectivity index (χ2n) is 6.94. The van der Waals surface area contributed by atoms with Gasteiger partial charge in [0.05, 0.1) is 19.5 Å². The highest BCUT2D eigenvalue weighted by atomic mass is 16.5. The first-order valence-electron chi connectivity index (χ1n) is 9.86. The maximum Gasteiger partial charge on any atom is 0.211 e. The van der Waals surface area contributed by atoms with Crippen molar-refractivity contribution in [2.24, 2.45) is 0 Å². The van der Waals surface area contributed by atoms with Crippen molar-refractivity contribution >= 4 is 5.78 Å². The smallest absolute Gasteiger partial charge is 0.211 e. The van der Waals surface area contributed by atoms with Crippen molar-refractivity contribution in [1.82, 2.24) is 4.90 Å². The summed E-state index contributed by atoms with van der Waals surface area (Å²) in [6.07, 6.45) is -3.01. The molecule has 2 heterocycles. The standard InChI is InChI=1S/C18H21NO4/c1-19-8-7-17-14-10-3-4-12(22-2)15(14)23-16(17)11(20)5-6-18(17,21)13(19)9-10/h3-4,13,16,21H,5-9H2,1-2H3/t13-,16?,17+,18-/m1/s1/i5D2,13D,21D. The van der Waals surface area contributed by atoms with Crippen LogP contribution in [0.25, 0.3) is 0 Å². The molecule has 5 nitrogen and oxygen atoms in total. The van der Waals surface area contributed by atoms with E-state index >= 15 is 0 Å². The van der Waals surface area contributed by atoms with Crippen molar-refractivity contribution in [2.75, 3.05) is 20.7 Å². The van der Waals surface area contributed by atoms with Crippen LogP contribution in [0.5, 0.6) is 11.5 Å². The average Bonchev–Trinajstić information content (AvgIpc) is 2.98. The Balaban J connectivity index is 1.91. The molecule has 1 unspecified atom stereocenters. The van der Waals surface area contributed by atoms with E-state index in [2.05, 4.69) is 0 Å². The topological polar surface area (TPSA) is 59.0 Å². The summed E-state index contributed by atoms with van der Waals surface area (Å²) in [5, 5.41) is 5.34. The number of benzene rings is 1. The lowest BCUT2D eigenvalue weighted by Gasteiger charge is -2.62. The van der Waals surface area contributed by atoms with Crippen LogP contribution in [0.1, 0.15) is 34.5 Å². The first-order valence-corrected chi connectivity index (χ1v) is 7.95. The van der Waals surface area contributed by atoms with Crippen LogP contribution in [0.3, 0.4) is 0 Å². The molecule has 2 aliphatic carbocycles. The molecule has 1 aromatic carbocycles. The van der Waals surface area contributed by atoms with Crippen LogP contribution in [-0.4, -0.2) is 55.6 Å². The number of nitrogens with zero attached hydrogens (tertiary/aromatic N) is 1. The van der Waals surface area contributed by atoms with Crippen molar-refractivity contribution in [3.05, 3.63) is 23.3 Å². The molecule has 1 saturated carbocycles. The van der Waals surface area contributed by atoms with E-state index in [9.17, 15) is 6.17 Å². The van der Waals surface area contributed by atoms with Gasteiger partial charge in [-0.15, -0.1) is 0 Å². The van der Waals surface area contributed by atoms with Crippen molar-refractivity contribution in [1.29, 1.82) is 1.43 Å². The molecule has 5 heteroatoms. The van der Waals surface area contributed by atoms with Gasteiger partial charge in [0.15, 0.2) is 23.4 Å². The molecule has 1 spiro atoms. The Labute approximate surface area is 140 Å². The van der Waals surface area contributed by atoms with E-state index in [0.29, 0.717) is 24.5 Å². The molecule has 2 fully saturated rings. The number of carbonyl (C=O) groups excluding carboxylic acids is 1. The number of ether oxygens (including phenoxy) is 2. The number of rotatable bonds is 2. The Hall–Kier alpha value is -1.59. The third kappa shape index (κ3) is 1.32. The van der Waals surface area contributed by atoms with Crippen molar-refractivity contribution < 1.29 is 23.5 Å². The molecular formula is C18H21NO4. The Morgan fingerprint density at radius 3 is 3.22 bits per heavy atom. The monoisotopic (exact) mass is 319 g/mol. The van der Waals surface area contributed by atoms with Gasteiger partial charge in [0.2, 0.25) is 1.43 Å². The van der Waals surface area contributed by atoms with E-state index in [1.165, 1.54) is 7.11 Å². The number of aliphatic hydroxyl groups is 1. The minimum Gasteiger partial charge on any atom is -0.493 e. The highest BCUT2D eigenvalue weighted by Crippen LogP contribution is 2.64. The predicted molar refractivity (Wildman–Crippen MR) is 83.0 cm³/mol. The molecule has 23 heavy (non-hydrogen) atoms. The molecular weight excluding hydrogens is 294 g/mol. The van der Waals surface area contributed by atoms with Gasteiger partial charge in [-0.2, -0.15) is 0 Å². The number of likely N-dealkylation sites (tertiary alicyclic amines) is 1. The van der Waals surface area contributed by atoms with Crippen molar-refractivity contribution in [3.63, 3.8) is 0 Å². The zero-order valence-electron chi connectivity index (χ0n) is 17.1. The van der Waals surface area contributed by atoms with Crippen LogP contribution >= 0.6 is 0 Å². The summed E-state index contributed by atoms with van der Waals surface area (Å²) in [6, 6.07) is 2.26. The Bertz CT molecular complexity index is 879. The minimum atomic E-state index is -2.24. The fourth-order valence-electron chi connectivity index (χ4n) is 5.08. The summed E-state index contributed by atoms with van der Waals surface area (Å²) in [5.74, 6) is 0.258. The summed E-state index contributed by atoms with van der Waals surface area (Å²) in [5.41, 5.74) is -0.959. The number of piperidine rings is 1. The number of Topliss-reactive ketones (excluding diaryl/α,β-unsaturated/α-hetero) is 1. The normalized spacial score (nSPS) is 48.4. The summed E-state index contributed by atoms with van der Waals surface area (Å²) in [4.78, 5) is 14.9. The van der Waals surface area contributed by atoms with Crippen LogP contribution in [-0.2, 0) is 16.6 Å². The maximum absolute atomic E-state index is 13.1. The van der Waals surface area contributed by atoms with Gasteiger partial charge in [0, 0.05) is 20.7 Å². The fraction of sp³-hybridized carbons (Fsp3) is 0.611. The van der Waals surface area contributed by atoms with E-state index < -0.39 is 35.3 Å². The zero-order valence-corrected chi connectivity index (χ0v) is 13.1. The third-order valence-electron chi connectivity index (χ3n) is 6.15. The largest absolute Gasteiger partial charge is 0.493 e. The van der Waals surface area contributed by atoms with Gasteiger partial charge in [-0.1, -0.05) is 6.07 Å². The SMILES string of the molecule is [2H]O[C@@]12CC([2H])([2H])C(=O)C3Oc4c(OC)ccc5c4[C@@]31CCN(C)[C@]2([2H])C5. The van der Waals surface area contributed by atoms with Gasteiger partial charge in [-0.3, -0.25) is 4.79 Å². The van der Waals surface area contributed by atoms with Crippen molar-refractivity contribution in [3.8, 4) is 11.5 Å². The summed E-state index contributed by atoms with van der Waals surface area (Å²) in [7, 11) is 3.32. The van der Waals surface area contributed by atoms with Gasteiger partial charge in [-0.05, 0) is 44.5 Å². The maximum atomic E-state index is 13.1. The van der Waals surface area contributed by atoms with E-state index in [-0.39, 0.29) is 12.8 Å². The number of methoxy groups -OCH3 is 1. The first-order chi connectivity index (χ1) is 12.7. The lowest BCUT2D eigenvalue weighted by molar-refractivity contribution is -0.185. The zero-order chi connectivity index (χ0) is 19.4. The van der Waals surface area contributed by atoms with Crippen LogP contribution in [0, 0.1) is 0 Å².